The Balaban J connectivity index is 2.76. The summed E-state index contributed by atoms with van der Waals surface area (Å²) in [5.41, 5.74) is 6.73. The van der Waals surface area contributed by atoms with E-state index in [0.29, 0.717) is 6.54 Å². The highest BCUT2D eigenvalue weighted by molar-refractivity contribution is 5.22. The highest BCUT2D eigenvalue weighted by Crippen LogP contribution is 2.06. The van der Waals surface area contributed by atoms with Crippen LogP contribution in [0.5, 0.6) is 0 Å². The standard InChI is InChI=1S/C9H14N2/c1-2-11-7-5-3-4-6-9(11)8-10/h3-7H,2,8,10H2,1H3. The molecule has 0 aromatic heterocycles. The lowest BCUT2D eigenvalue weighted by molar-refractivity contribution is 0.484. The molecule has 2 N–H and O–H groups in total. The van der Waals surface area contributed by atoms with E-state index in [0.717, 1.165) is 12.2 Å². The number of nitrogens with two attached hydrogens (primary N) is 1. The first-order chi connectivity index (χ1) is 5.38. The maximum atomic E-state index is 5.56. The van der Waals surface area contributed by atoms with Gasteiger partial charge >= 0.3 is 0 Å². The molecule has 0 unspecified atom stereocenters. The van der Waals surface area contributed by atoms with Gasteiger partial charge < -0.3 is 10.6 Å². The Morgan fingerprint density at radius 2 is 2.18 bits per heavy atom. The molecule has 1 heterocycles. The Hall–Kier alpha value is -1.02. The summed E-state index contributed by atoms with van der Waals surface area (Å²) < 4.78 is 0. The zero-order valence-corrected chi connectivity index (χ0v) is 6.83. The van der Waals surface area contributed by atoms with Crippen LogP contribution >= 0.6 is 0 Å². The minimum atomic E-state index is 0.600. The summed E-state index contributed by atoms with van der Waals surface area (Å²) in [6, 6.07) is 0. The van der Waals surface area contributed by atoms with Gasteiger partial charge in [0.2, 0.25) is 0 Å². The molecule has 0 radical (unpaired) electrons. The van der Waals surface area contributed by atoms with Crippen LogP contribution in [-0.2, 0) is 0 Å². The van der Waals surface area contributed by atoms with Crippen molar-refractivity contribution in [3.63, 3.8) is 0 Å². The SMILES string of the molecule is CCN1C=CC=CC=C1CN. The minimum absolute atomic E-state index is 0.600. The Morgan fingerprint density at radius 1 is 1.36 bits per heavy atom. The summed E-state index contributed by atoms with van der Waals surface area (Å²) in [6.45, 7) is 3.68. The van der Waals surface area contributed by atoms with Gasteiger partial charge in [-0.15, -0.1) is 0 Å². The van der Waals surface area contributed by atoms with Crippen LogP contribution in [0.2, 0.25) is 0 Å². The van der Waals surface area contributed by atoms with Crippen LogP contribution in [0.15, 0.2) is 36.2 Å². The van der Waals surface area contributed by atoms with Crippen molar-refractivity contribution in [2.75, 3.05) is 13.1 Å². The predicted octanol–water partition coefficient (Wildman–Crippen LogP) is 1.23. The summed E-state index contributed by atoms with van der Waals surface area (Å²) in [6.07, 6.45) is 10.1. The van der Waals surface area contributed by atoms with Gasteiger partial charge in [-0.2, -0.15) is 0 Å². The van der Waals surface area contributed by atoms with E-state index in [1.807, 2.05) is 30.5 Å². The normalized spacial score (nSPS) is 16.5. The Morgan fingerprint density at radius 3 is 2.82 bits per heavy atom. The number of rotatable bonds is 2. The second-order valence-corrected chi connectivity index (χ2v) is 2.37. The van der Waals surface area contributed by atoms with Gasteiger partial charge in [-0.3, -0.25) is 0 Å². The second-order valence-electron chi connectivity index (χ2n) is 2.37. The van der Waals surface area contributed by atoms with Crippen molar-refractivity contribution >= 4 is 0 Å². The van der Waals surface area contributed by atoms with Crippen molar-refractivity contribution < 1.29 is 0 Å². The molecule has 2 nitrogen and oxygen atoms in total. The molecule has 0 atom stereocenters. The molecule has 0 saturated heterocycles. The molecule has 2 heteroatoms. The van der Waals surface area contributed by atoms with Crippen LogP contribution in [0.3, 0.4) is 0 Å². The molecule has 1 aliphatic rings. The summed E-state index contributed by atoms with van der Waals surface area (Å²) >= 11 is 0. The number of nitrogens with zero attached hydrogens (tertiary/aromatic N) is 1. The lowest BCUT2D eigenvalue weighted by Gasteiger charge is -2.19. The van der Waals surface area contributed by atoms with Crippen molar-refractivity contribution in [2.45, 2.75) is 6.92 Å². The van der Waals surface area contributed by atoms with Gasteiger partial charge in [0.1, 0.15) is 0 Å². The van der Waals surface area contributed by atoms with Crippen LogP contribution in [0.1, 0.15) is 6.92 Å². The van der Waals surface area contributed by atoms with Crippen LogP contribution < -0.4 is 5.73 Å². The number of likely N-dealkylation sites (N-methyl/N-ethyl adjacent to an activating group) is 1. The van der Waals surface area contributed by atoms with Gasteiger partial charge in [-0.05, 0) is 19.1 Å². The second kappa shape index (κ2) is 3.98. The minimum Gasteiger partial charge on any atom is -0.351 e. The highest BCUT2D eigenvalue weighted by atomic mass is 15.1. The third-order valence-electron chi connectivity index (χ3n) is 1.70. The van der Waals surface area contributed by atoms with E-state index in [1.54, 1.807) is 0 Å². The maximum absolute atomic E-state index is 5.56. The van der Waals surface area contributed by atoms with Gasteiger partial charge in [-0.25, -0.2) is 0 Å². The fourth-order valence-electron chi connectivity index (χ4n) is 1.07. The van der Waals surface area contributed by atoms with Crippen LogP contribution in [0.4, 0.5) is 0 Å². The molecule has 0 bridgehead atoms. The summed E-state index contributed by atoms with van der Waals surface area (Å²) in [4.78, 5) is 2.14. The van der Waals surface area contributed by atoms with E-state index in [4.69, 9.17) is 5.73 Å². The lowest BCUT2D eigenvalue weighted by atomic mass is 10.3. The van der Waals surface area contributed by atoms with Gasteiger partial charge in [0.15, 0.2) is 0 Å². The average molecular weight is 150 g/mol. The average Bonchev–Trinajstić information content (AvgIpc) is 2.27. The Bertz CT molecular complexity index is 202. The highest BCUT2D eigenvalue weighted by Gasteiger charge is 2.01. The molecule has 0 spiro atoms. The number of hydrogen-bond acceptors (Lipinski definition) is 2. The van der Waals surface area contributed by atoms with Gasteiger partial charge in [0.05, 0.1) is 0 Å². The summed E-state index contributed by atoms with van der Waals surface area (Å²) in [5.74, 6) is 0. The third kappa shape index (κ3) is 1.95. The van der Waals surface area contributed by atoms with E-state index in [9.17, 15) is 0 Å². The van der Waals surface area contributed by atoms with Crippen LogP contribution in [0, 0.1) is 0 Å². The van der Waals surface area contributed by atoms with Gasteiger partial charge in [0, 0.05) is 25.0 Å². The van der Waals surface area contributed by atoms with Crippen molar-refractivity contribution in [2.24, 2.45) is 5.73 Å². The molecule has 1 aliphatic heterocycles. The molecule has 0 aromatic carbocycles. The molecule has 0 amide bonds. The van der Waals surface area contributed by atoms with E-state index in [2.05, 4.69) is 11.8 Å². The predicted molar refractivity (Wildman–Crippen MR) is 47.8 cm³/mol. The van der Waals surface area contributed by atoms with Crippen molar-refractivity contribution in [3.8, 4) is 0 Å². The molecule has 1 rings (SSSR count). The first-order valence-electron chi connectivity index (χ1n) is 3.89. The quantitative estimate of drug-likeness (QED) is 0.641. The fourth-order valence-corrected chi connectivity index (χ4v) is 1.07. The monoisotopic (exact) mass is 150 g/mol. The Kier molecular flexibility index (Phi) is 2.93. The molecule has 11 heavy (non-hydrogen) atoms. The molecular weight excluding hydrogens is 136 g/mol. The van der Waals surface area contributed by atoms with E-state index in [-0.39, 0.29) is 0 Å². The smallest absolute Gasteiger partial charge is 0.0334 e. The maximum Gasteiger partial charge on any atom is 0.0334 e. The van der Waals surface area contributed by atoms with E-state index in [1.165, 1.54) is 0 Å². The lowest BCUT2D eigenvalue weighted by Crippen LogP contribution is -2.21. The number of hydrogen-bond donors (Lipinski definition) is 1. The van der Waals surface area contributed by atoms with Crippen molar-refractivity contribution in [3.05, 3.63) is 36.2 Å². The molecule has 0 aliphatic carbocycles. The van der Waals surface area contributed by atoms with E-state index >= 15 is 0 Å². The zero-order valence-electron chi connectivity index (χ0n) is 6.83. The van der Waals surface area contributed by atoms with Crippen molar-refractivity contribution in [1.29, 1.82) is 0 Å². The van der Waals surface area contributed by atoms with E-state index < -0.39 is 0 Å². The van der Waals surface area contributed by atoms with Gasteiger partial charge in [-0.1, -0.05) is 12.2 Å². The van der Waals surface area contributed by atoms with Crippen LogP contribution in [-0.4, -0.2) is 18.0 Å². The zero-order chi connectivity index (χ0) is 8.10. The molecular formula is C9H14N2. The number of allylic oxidation sites excluding steroid dienone is 4. The molecule has 0 saturated carbocycles. The molecule has 0 aromatic rings. The topological polar surface area (TPSA) is 29.3 Å². The summed E-state index contributed by atoms with van der Waals surface area (Å²) in [5, 5.41) is 0. The Labute approximate surface area is 67.7 Å². The largest absolute Gasteiger partial charge is 0.351 e. The third-order valence-corrected chi connectivity index (χ3v) is 1.70. The molecule has 60 valence electrons. The fraction of sp³-hybridized carbons (Fsp3) is 0.333. The first kappa shape index (κ1) is 8.08. The molecule has 0 fully saturated rings. The first-order valence-corrected chi connectivity index (χ1v) is 3.89. The van der Waals surface area contributed by atoms with Gasteiger partial charge in [0.25, 0.3) is 0 Å². The van der Waals surface area contributed by atoms with Crippen molar-refractivity contribution in [1.82, 2.24) is 4.90 Å². The summed E-state index contributed by atoms with van der Waals surface area (Å²) in [7, 11) is 0. The van der Waals surface area contributed by atoms with Crippen LogP contribution in [0.25, 0.3) is 0 Å².